The number of hydrogen-bond donors (Lipinski definition) is 2. The zero-order valence-electron chi connectivity index (χ0n) is 11.1. The van der Waals surface area contributed by atoms with Crippen LogP contribution in [0.25, 0.3) is 0 Å². The van der Waals surface area contributed by atoms with E-state index in [4.69, 9.17) is 15.6 Å². The number of aliphatic hydroxyl groups is 1. The van der Waals surface area contributed by atoms with Gasteiger partial charge >= 0.3 is 0 Å². The van der Waals surface area contributed by atoms with E-state index in [0.717, 1.165) is 12.8 Å². The molecule has 1 fully saturated rings. The number of aliphatic hydroxyl groups excluding tert-OH is 1. The normalized spacial score (nSPS) is 16.8. The number of aryl methyl sites for hydroxylation is 1. The van der Waals surface area contributed by atoms with Crippen LogP contribution in [0.5, 0.6) is 0 Å². The van der Waals surface area contributed by atoms with E-state index in [-0.39, 0.29) is 18.6 Å². The van der Waals surface area contributed by atoms with Crippen molar-refractivity contribution in [2.75, 3.05) is 32.0 Å². The van der Waals surface area contributed by atoms with Gasteiger partial charge < -0.3 is 20.5 Å². The third-order valence-corrected chi connectivity index (χ3v) is 3.23. The molecule has 3 N–H and O–H groups in total. The smallest absolute Gasteiger partial charge is 0.276 e. The average molecular weight is 268 g/mol. The van der Waals surface area contributed by atoms with Crippen molar-refractivity contribution in [1.82, 2.24) is 14.7 Å². The Morgan fingerprint density at radius 1 is 1.58 bits per heavy atom. The van der Waals surface area contributed by atoms with E-state index >= 15 is 0 Å². The van der Waals surface area contributed by atoms with Crippen molar-refractivity contribution in [2.24, 2.45) is 7.05 Å². The number of piperidine rings is 1. The van der Waals surface area contributed by atoms with E-state index in [1.54, 1.807) is 22.8 Å². The van der Waals surface area contributed by atoms with Gasteiger partial charge in [0.25, 0.3) is 5.91 Å². The summed E-state index contributed by atoms with van der Waals surface area (Å²) in [4.78, 5) is 14.0. The summed E-state index contributed by atoms with van der Waals surface area (Å²) in [6.45, 7) is 1.64. The molecular weight excluding hydrogens is 248 g/mol. The molecule has 2 heterocycles. The molecule has 2 rings (SSSR count). The Hall–Kier alpha value is -1.60. The molecule has 1 aliphatic rings. The van der Waals surface area contributed by atoms with Crippen LogP contribution < -0.4 is 5.73 Å². The minimum atomic E-state index is -0.126. The molecule has 1 aromatic heterocycles. The topological polar surface area (TPSA) is 93.6 Å². The van der Waals surface area contributed by atoms with Gasteiger partial charge in [-0.25, -0.2) is 0 Å². The Kier molecular flexibility index (Phi) is 4.39. The molecule has 1 saturated heterocycles. The second kappa shape index (κ2) is 6.03. The quantitative estimate of drug-likeness (QED) is 0.776. The Morgan fingerprint density at radius 2 is 2.26 bits per heavy atom. The van der Waals surface area contributed by atoms with Gasteiger partial charge in [-0.2, -0.15) is 5.10 Å². The molecule has 0 radical (unpaired) electrons. The van der Waals surface area contributed by atoms with E-state index in [1.807, 2.05) is 0 Å². The second-order valence-corrected chi connectivity index (χ2v) is 4.69. The maximum atomic E-state index is 12.2. The van der Waals surface area contributed by atoms with Gasteiger partial charge in [-0.05, 0) is 12.8 Å². The largest absolute Gasteiger partial charge is 0.396 e. The first kappa shape index (κ1) is 13.8. The molecule has 106 valence electrons. The minimum absolute atomic E-state index is 0.0314. The van der Waals surface area contributed by atoms with E-state index < -0.39 is 0 Å². The summed E-state index contributed by atoms with van der Waals surface area (Å²) in [5, 5.41) is 12.8. The standard InChI is InChI=1S/C12H20N4O3/c1-15-8-10(13)11(14-15)12(18)16-4-2-9(3-5-16)19-7-6-17/h8-9,17H,2-7,13H2,1H3. The fourth-order valence-electron chi connectivity index (χ4n) is 2.27. The lowest BCUT2D eigenvalue weighted by Gasteiger charge is -2.31. The van der Waals surface area contributed by atoms with Crippen LogP contribution in [0.1, 0.15) is 23.3 Å². The van der Waals surface area contributed by atoms with E-state index in [2.05, 4.69) is 5.10 Å². The monoisotopic (exact) mass is 268 g/mol. The lowest BCUT2D eigenvalue weighted by Crippen LogP contribution is -2.41. The molecule has 0 unspecified atom stereocenters. The second-order valence-electron chi connectivity index (χ2n) is 4.69. The van der Waals surface area contributed by atoms with Crippen molar-refractivity contribution < 1.29 is 14.6 Å². The van der Waals surface area contributed by atoms with Crippen molar-refractivity contribution in [1.29, 1.82) is 0 Å². The van der Waals surface area contributed by atoms with Gasteiger partial charge in [0.2, 0.25) is 0 Å². The summed E-state index contributed by atoms with van der Waals surface area (Å²) in [5.74, 6) is -0.126. The van der Waals surface area contributed by atoms with E-state index in [0.29, 0.717) is 31.1 Å². The van der Waals surface area contributed by atoms with Crippen LogP contribution in [0.4, 0.5) is 5.69 Å². The molecule has 1 amide bonds. The van der Waals surface area contributed by atoms with Crippen molar-refractivity contribution in [3.05, 3.63) is 11.9 Å². The van der Waals surface area contributed by atoms with Gasteiger partial charge in [-0.3, -0.25) is 9.48 Å². The molecular formula is C12H20N4O3. The average Bonchev–Trinajstić information content (AvgIpc) is 2.75. The molecule has 0 saturated carbocycles. The summed E-state index contributed by atoms with van der Waals surface area (Å²) in [6, 6.07) is 0. The summed E-state index contributed by atoms with van der Waals surface area (Å²) in [7, 11) is 1.74. The van der Waals surface area contributed by atoms with E-state index in [1.165, 1.54) is 0 Å². The minimum Gasteiger partial charge on any atom is -0.396 e. The molecule has 0 aromatic carbocycles. The lowest BCUT2D eigenvalue weighted by atomic mass is 10.1. The molecule has 7 nitrogen and oxygen atoms in total. The van der Waals surface area contributed by atoms with Crippen molar-refractivity contribution >= 4 is 11.6 Å². The molecule has 0 spiro atoms. The molecule has 7 heteroatoms. The van der Waals surface area contributed by atoms with Crippen LogP contribution in [-0.4, -0.2) is 58.1 Å². The zero-order valence-corrected chi connectivity index (χ0v) is 11.1. The predicted octanol–water partition coefficient (Wildman–Crippen LogP) is -0.384. The van der Waals surface area contributed by atoms with E-state index in [9.17, 15) is 4.79 Å². The fourth-order valence-corrected chi connectivity index (χ4v) is 2.27. The van der Waals surface area contributed by atoms with Crippen molar-refractivity contribution in [3.63, 3.8) is 0 Å². The summed E-state index contributed by atoms with van der Waals surface area (Å²) < 4.78 is 7.00. The molecule has 0 aliphatic carbocycles. The van der Waals surface area contributed by atoms with Gasteiger partial charge in [0.05, 0.1) is 25.0 Å². The fraction of sp³-hybridized carbons (Fsp3) is 0.667. The molecule has 1 aliphatic heterocycles. The summed E-state index contributed by atoms with van der Waals surface area (Å²) >= 11 is 0. The Bertz CT molecular complexity index is 438. The number of rotatable bonds is 4. The summed E-state index contributed by atoms with van der Waals surface area (Å²) in [5.41, 5.74) is 6.48. The maximum absolute atomic E-state index is 12.2. The molecule has 1 aromatic rings. The highest BCUT2D eigenvalue weighted by atomic mass is 16.5. The third kappa shape index (κ3) is 3.24. The first-order chi connectivity index (χ1) is 9.11. The van der Waals surface area contributed by atoms with Crippen LogP contribution in [0.2, 0.25) is 0 Å². The number of nitrogens with two attached hydrogens (primary N) is 1. The van der Waals surface area contributed by atoms with Crippen LogP contribution in [0.3, 0.4) is 0 Å². The van der Waals surface area contributed by atoms with Crippen LogP contribution in [0, 0.1) is 0 Å². The number of amides is 1. The van der Waals surface area contributed by atoms with Gasteiger partial charge in [0.1, 0.15) is 0 Å². The number of ether oxygens (including phenoxy) is 1. The molecule has 0 atom stereocenters. The number of anilines is 1. The highest BCUT2D eigenvalue weighted by Crippen LogP contribution is 2.18. The number of nitrogens with zero attached hydrogens (tertiary/aromatic N) is 3. The number of carbonyl (C=O) groups excluding carboxylic acids is 1. The summed E-state index contributed by atoms with van der Waals surface area (Å²) in [6.07, 6.45) is 3.30. The van der Waals surface area contributed by atoms with Gasteiger partial charge in [0.15, 0.2) is 5.69 Å². The van der Waals surface area contributed by atoms with Gasteiger partial charge in [-0.15, -0.1) is 0 Å². The number of likely N-dealkylation sites (tertiary alicyclic amines) is 1. The van der Waals surface area contributed by atoms with Gasteiger partial charge in [-0.1, -0.05) is 0 Å². The number of aromatic nitrogens is 2. The SMILES string of the molecule is Cn1cc(N)c(C(=O)N2CCC(OCCO)CC2)n1. The van der Waals surface area contributed by atoms with Crippen molar-refractivity contribution in [2.45, 2.75) is 18.9 Å². The van der Waals surface area contributed by atoms with Crippen LogP contribution in [0.15, 0.2) is 6.20 Å². The highest BCUT2D eigenvalue weighted by molar-refractivity contribution is 5.97. The maximum Gasteiger partial charge on any atom is 0.276 e. The first-order valence-corrected chi connectivity index (χ1v) is 6.42. The van der Waals surface area contributed by atoms with Crippen LogP contribution in [-0.2, 0) is 11.8 Å². The molecule has 0 bridgehead atoms. The lowest BCUT2D eigenvalue weighted by molar-refractivity contribution is -0.00564. The zero-order chi connectivity index (χ0) is 13.8. The molecule has 19 heavy (non-hydrogen) atoms. The number of hydrogen-bond acceptors (Lipinski definition) is 5. The first-order valence-electron chi connectivity index (χ1n) is 6.42. The predicted molar refractivity (Wildman–Crippen MR) is 69.6 cm³/mol. The Balaban J connectivity index is 1.91. The number of nitrogen functional groups attached to an aromatic ring is 1. The highest BCUT2D eigenvalue weighted by Gasteiger charge is 2.26. The van der Waals surface area contributed by atoms with Gasteiger partial charge in [0, 0.05) is 26.3 Å². The Morgan fingerprint density at radius 3 is 2.79 bits per heavy atom. The van der Waals surface area contributed by atoms with Crippen LogP contribution >= 0.6 is 0 Å². The number of carbonyl (C=O) groups is 1. The van der Waals surface area contributed by atoms with Crippen molar-refractivity contribution in [3.8, 4) is 0 Å². The third-order valence-electron chi connectivity index (χ3n) is 3.23. The Labute approximate surface area is 111 Å².